The lowest BCUT2D eigenvalue weighted by Crippen LogP contribution is -2.41. The molecule has 1 unspecified atom stereocenters. The summed E-state index contributed by atoms with van der Waals surface area (Å²) in [4.78, 5) is 21.1. The molecule has 0 bridgehead atoms. The standard InChI is InChI=1S/C12H24N2O3/c1-3-12(2,17)14-8-6-4-5-7-11(16)13-9-10-15/h10,14,17H,3-9H2,1-2H3,(H,13,16). The number of nitrogens with one attached hydrogen (secondary N) is 2. The van der Waals surface area contributed by atoms with Crippen LogP contribution in [0.3, 0.4) is 0 Å². The zero-order chi connectivity index (χ0) is 13.1. The van der Waals surface area contributed by atoms with Crippen molar-refractivity contribution in [1.29, 1.82) is 0 Å². The van der Waals surface area contributed by atoms with E-state index in [1.54, 1.807) is 6.92 Å². The molecule has 0 aliphatic carbocycles. The first-order chi connectivity index (χ1) is 8.02. The van der Waals surface area contributed by atoms with E-state index in [0.717, 1.165) is 25.8 Å². The number of aliphatic hydroxyl groups is 1. The van der Waals surface area contributed by atoms with Crippen LogP contribution in [0.2, 0.25) is 0 Å². The minimum atomic E-state index is -0.790. The van der Waals surface area contributed by atoms with Gasteiger partial charge >= 0.3 is 0 Å². The second-order valence-electron chi connectivity index (χ2n) is 4.34. The van der Waals surface area contributed by atoms with Crippen LogP contribution in [0.5, 0.6) is 0 Å². The highest BCUT2D eigenvalue weighted by Gasteiger charge is 2.14. The van der Waals surface area contributed by atoms with Crippen molar-refractivity contribution < 1.29 is 14.7 Å². The molecular weight excluding hydrogens is 220 g/mol. The van der Waals surface area contributed by atoms with E-state index in [1.807, 2.05) is 6.92 Å². The molecule has 0 spiro atoms. The van der Waals surface area contributed by atoms with Gasteiger partial charge in [-0.05, 0) is 32.7 Å². The van der Waals surface area contributed by atoms with Crippen LogP contribution in [0.15, 0.2) is 0 Å². The van der Waals surface area contributed by atoms with Gasteiger partial charge < -0.3 is 15.2 Å². The van der Waals surface area contributed by atoms with E-state index in [4.69, 9.17) is 0 Å². The van der Waals surface area contributed by atoms with Gasteiger partial charge in [-0.2, -0.15) is 0 Å². The summed E-state index contributed by atoms with van der Waals surface area (Å²) in [5.74, 6) is -0.0781. The van der Waals surface area contributed by atoms with Crippen molar-refractivity contribution in [3.8, 4) is 0 Å². The Balaban J connectivity index is 3.35. The Morgan fingerprint density at radius 2 is 2.06 bits per heavy atom. The number of unbranched alkanes of at least 4 members (excludes halogenated alkanes) is 2. The van der Waals surface area contributed by atoms with E-state index >= 15 is 0 Å². The van der Waals surface area contributed by atoms with E-state index in [0.29, 0.717) is 19.1 Å². The highest BCUT2D eigenvalue weighted by Crippen LogP contribution is 2.04. The quantitative estimate of drug-likeness (QED) is 0.298. The number of hydrogen-bond acceptors (Lipinski definition) is 4. The smallest absolute Gasteiger partial charge is 0.220 e. The summed E-state index contributed by atoms with van der Waals surface area (Å²) in [7, 11) is 0. The van der Waals surface area contributed by atoms with E-state index < -0.39 is 5.72 Å². The zero-order valence-corrected chi connectivity index (χ0v) is 10.8. The first-order valence-corrected chi connectivity index (χ1v) is 6.19. The van der Waals surface area contributed by atoms with Gasteiger partial charge in [-0.15, -0.1) is 0 Å². The van der Waals surface area contributed by atoms with Gasteiger partial charge in [0.1, 0.15) is 12.0 Å². The van der Waals surface area contributed by atoms with Crippen molar-refractivity contribution in [3.05, 3.63) is 0 Å². The average Bonchev–Trinajstić information content (AvgIpc) is 2.31. The van der Waals surface area contributed by atoms with E-state index in [2.05, 4.69) is 10.6 Å². The molecule has 0 fully saturated rings. The van der Waals surface area contributed by atoms with Crippen molar-refractivity contribution >= 4 is 12.2 Å². The Kier molecular flexibility index (Phi) is 8.62. The Labute approximate surface area is 103 Å². The fourth-order valence-electron chi connectivity index (χ4n) is 1.31. The molecule has 0 saturated carbocycles. The molecule has 0 aromatic heterocycles. The topological polar surface area (TPSA) is 78.4 Å². The van der Waals surface area contributed by atoms with E-state index in [-0.39, 0.29) is 12.5 Å². The van der Waals surface area contributed by atoms with Crippen LogP contribution in [0, 0.1) is 0 Å². The van der Waals surface area contributed by atoms with Gasteiger partial charge in [0.15, 0.2) is 0 Å². The molecule has 0 heterocycles. The molecule has 0 aliphatic rings. The first kappa shape index (κ1) is 16.1. The fraction of sp³-hybridized carbons (Fsp3) is 0.833. The minimum absolute atomic E-state index is 0.0781. The number of carbonyl (C=O) groups excluding carboxylic acids is 2. The third-order valence-electron chi connectivity index (χ3n) is 2.66. The fourth-order valence-corrected chi connectivity index (χ4v) is 1.31. The van der Waals surface area contributed by atoms with Crippen LogP contribution < -0.4 is 10.6 Å². The molecule has 0 aromatic carbocycles. The van der Waals surface area contributed by atoms with Gasteiger partial charge in [-0.1, -0.05) is 13.3 Å². The number of amides is 1. The molecular formula is C12H24N2O3. The molecule has 0 radical (unpaired) electrons. The largest absolute Gasteiger partial charge is 0.376 e. The van der Waals surface area contributed by atoms with Crippen LogP contribution in [-0.4, -0.2) is 36.1 Å². The van der Waals surface area contributed by atoms with Gasteiger partial charge in [0.2, 0.25) is 5.91 Å². The summed E-state index contributed by atoms with van der Waals surface area (Å²) >= 11 is 0. The van der Waals surface area contributed by atoms with Gasteiger partial charge in [-0.3, -0.25) is 10.1 Å². The van der Waals surface area contributed by atoms with Crippen molar-refractivity contribution in [2.45, 2.75) is 51.7 Å². The molecule has 3 N–H and O–H groups in total. The molecule has 0 aliphatic heterocycles. The van der Waals surface area contributed by atoms with E-state index in [9.17, 15) is 14.7 Å². The maximum absolute atomic E-state index is 11.1. The summed E-state index contributed by atoms with van der Waals surface area (Å²) < 4.78 is 0. The monoisotopic (exact) mass is 244 g/mol. The van der Waals surface area contributed by atoms with Crippen molar-refractivity contribution in [3.63, 3.8) is 0 Å². The summed E-state index contributed by atoms with van der Waals surface area (Å²) in [6.07, 6.45) is 4.47. The Hall–Kier alpha value is -0.940. The predicted octanol–water partition coefficient (Wildman–Crippen LogP) is 0.570. The third-order valence-corrected chi connectivity index (χ3v) is 2.66. The average molecular weight is 244 g/mol. The highest BCUT2D eigenvalue weighted by molar-refractivity contribution is 5.78. The summed E-state index contributed by atoms with van der Waals surface area (Å²) in [6, 6.07) is 0. The summed E-state index contributed by atoms with van der Waals surface area (Å²) in [5.41, 5.74) is -0.790. The number of carbonyl (C=O) groups is 2. The van der Waals surface area contributed by atoms with Crippen LogP contribution in [0.1, 0.15) is 46.0 Å². The van der Waals surface area contributed by atoms with E-state index in [1.165, 1.54) is 0 Å². The molecule has 0 rings (SSSR count). The lowest BCUT2D eigenvalue weighted by Gasteiger charge is -2.22. The molecule has 1 atom stereocenters. The molecule has 17 heavy (non-hydrogen) atoms. The second-order valence-corrected chi connectivity index (χ2v) is 4.34. The zero-order valence-electron chi connectivity index (χ0n) is 10.8. The SMILES string of the molecule is CCC(C)(O)NCCCCCC(=O)NCC=O. The highest BCUT2D eigenvalue weighted by atomic mass is 16.3. The maximum atomic E-state index is 11.1. The number of hydrogen-bond donors (Lipinski definition) is 3. The number of aldehydes is 1. The predicted molar refractivity (Wildman–Crippen MR) is 66.5 cm³/mol. The third kappa shape index (κ3) is 9.96. The molecule has 5 heteroatoms. The first-order valence-electron chi connectivity index (χ1n) is 6.19. The Morgan fingerprint density at radius 1 is 1.35 bits per heavy atom. The molecule has 0 saturated heterocycles. The van der Waals surface area contributed by atoms with Crippen LogP contribution in [0.25, 0.3) is 0 Å². The van der Waals surface area contributed by atoms with Gasteiger partial charge in [0.05, 0.1) is 6.54 Å². The summed E-state index contributed by atoms with van der Waals surface area (Å²) in [5, 5.41) is 15.2. The Bertz CT molecular complexity index is 230. The second kappa shape index (κ2) is 9.13. The molecule has 100 valence electrons. The van der Waals surface area contributed by atoms with Crippen molar-refractivity contribution in [2.24, 2.45) is 0 Å². The number of rotatable bonds is 10. The molecule has 1 amide bonds. The maximum Gasteiger partial charge on any atom is 0.220 e. The van der Waals surface area contributed by atoms with Crippen LogP contribution in [-0.2, 0) is 9.59 Å². The van der Waals surface area contributed by atoms with Gasteiger partial charge in [0.25, 0.3) is 0 Å². The van der Waals surface area contributed by atoms with Crippen molar-refractivity contribution in [1.82, 2.24) is 10.6 Å². The normalized spacial score (nSPS) is 14.1. The minimum Gasteiger partial charge on any atom is -0.376 e. The molecule has 0 aromatic rings. The van der Waals surface area contributed by atoms with Gasteiger partial charge in [-0.25, -0.2) is 0 Å². The van der Waals surface area contributed by atoms with Crippen molar-refractivity contribution in [2.75, 3.05) is 13.1 Å². The van der Waals surface area contributed by atoms with Crippen LogP contribution >= 0.6 is 0 Å². The van der Waals surface area contributed by atoms with Crippen LogP contribution in [0.4, 0.5) is 0 Å². The Morgan fingerprint density at radius 3 is 2.65 bits per heavy atom. The molecule has 5 nitrogen and oxygen atoms in total. The lowest BCUT2D eigenvalue weighted by molar-refractivity contribution is -0.122. The van der Waals surface area contributed by atoms with Gasteiger partial charge in [0, 0.05) is 6.42 Å². The summed E-state index contributed by atoms with van der Waals surface area (Å²) in [6.45, 7) is 4.51. The lowest BCUT2D eigenvalue weighted by atomic mass is 10.1.